The monoisotopic (exact) mass is 327 g/mol. The Balaban J connectivity index is 2.82. The fourth-order valence-electron chi connectivity index (χ4n) is 1.83. The topological polar surface area (TPSA) is 87.7 Å². The number of amides is 4. The molecule has 7 nitrogen and oxygen atoms in total. The third kappa shape index (κ3) is 6.08. The van der Waals surface area contributed by atoms with Crippen molar-refractivity contribution in [3.8, 4) is 0 Å². The van der Waals surface area contributed by atoms with Gasteiger partial charge in [-0.2, -0.15) is 0 Å². The summed E-state index contributed by atoms with van der Waals surface area (Å²) < 4.78 is 0. The van der Waals surface area contributed by atoms with E-state index >= 15 is 0 Å². The van der Waals surface area contributed by atoms with Crippen LogP contribution in [0.5, 0.6) is 0 Å². The Hall–Kier alpha value is -1.79. The molecule has 132 valence electrons. The van der Waals surface area contributed by atoms with E-state index in [0.29, 0.717) is 30.7 Å². The van der Waals surface area contributed by atoms with Gasteiger partial charge in [-0.15, -0.1) is 0 Å². The zero-order valence-corrected chi connectivity index (χ0v) is 15.0. The van der Waals surface area contributed by atoms with Gasteiger partial charge < -0.3 is 15.5 Å². The summed E-state index contributed by atoms with van der Waals surface area (Å²) in [4.78, 5) is 41.6. The van der Waals surface area contributed by atoms with Gasteiger partial charge in [-0.05, 0) is 53.4 Å². The van der Waals surface area contributed by atoms with Crippen LogP contribution in [0, 0.1) is 5.92 Å². The number of imide groups is 1. The Morgan fingerprint density at radius 1 is 1.04 bits per heavy atom. The second-order valence-corrected chi connectivity index (χ2v) is 7.36. The number of rotatable bonds is 4. The second-order valence-electron chi connectivity index (χ2n) is 7.36. The molecule has 7 heteroatoms. The van der Waals surface area contributed by atoms with Crippen LogP contribution >= 0.6 is 0 Å². The van der Waals surface area contributed by atoms with Crippen LogP contribution in [0.15, 0.2) is 0 Å². The van der Waals surface area contributed by atoms with Crippen molar-refractivity contribution >= 4 is 18.0 Å². The fourth-order valence-corrected chi connectivity index (χ4v) is 1.83. The Morgan fingerprint density at radius 3 is 1.96 bits per heavy atom. The van der Waals surface area contributed by atoms with Crippen LogP contribution in [0.25, 0.3) is 0 Å². The molecule has 0 saturated heterocycles. The molecule has 0 heterocycles. The predicted molar refractivity (Wildman–Crippen MR) is 86.5 cm³/mol. The Morgan fingerprint density at radius 2 is 1.57 bits per heavy atom. The third-order valence-electron chi connectivity index (χ3n) is 3.93. The molecular formula is C16H29N3O4. The van der Waals surface area contributed by atoms with Gasteiger partial charge in [0.15, 0.2) is 0 Å². The molecule has 0 aromatic heterocycles. The molecule has 0 aliphatic heterocycles. The first-order chi connectivity index (χ1) is 10.5. The number of hydroxylamine groups is 2. The molecular weight excluding hydrogens is 298 g/mol. The quantitative estimate of drug-likeness (QED) is 0.777. The molecule has 1 saturated carbocycles. The number of nitrogens with zero attached hydrogens (tertiary/aromatic N) is 1. The Labute approximate surface area is 138 Å². The smallest absolute Gasteiger partial charge is 0.330 e. The summed E-state index contributed by atoms with van der Waals surface area (Å²) in [6.45, 7) is 11.1. The number of urea groups is 1. The van der Waals surface area contributed by atoms with Crippen LogP contribution < -0.4 is 10.6 Å². The number of carbonyl (C=O) groups is 3. The van der Waals surface area contributed by atoms with E-state index in [-0.39, 0.29) is 5.92 Å². The summed E-state index contributed by atoms with van der Waals surface area (Å²) in [5.41, 5.74) is -0.980. The number of carbonyl (C=O) groups excluding carboxylic acids is 3. The van der Waals surface area contributed by atoms with Gasteiger partial charge in [0.1, 0.15) is 0 Å². The number of hydrogen-bond acceptors (Lipinski definition) is 4. The van der Waals surface area contributed by atoms with E-state index in [1.54, 1.807) is 20.8 Å². The highest BCUT2D eigenvalue weighted by atomic mass is 16.7. The normalized spacial score (nSPS) is 14.9. The van der Waals surface area contributed by atoms with E-state index < -0.39 is 29.1 Å². The number of hydrogen-bond donors (Lipinski definition) is 2. The van der Waals surface area contributed by atoms with Crippen LogP contribution in [-0.2, 0) is 9.63 Å². The lowest BCUT2D eigenvalue weighted by Crippen LogP contribution is -2.55. The fraction of sp³-hybridized carbons (Fsp3) is 0.812. The molecule has 1 aliphatic rings. The van der Waals surface area contributed by atoms with Crippen molar-refractivity contribution in [3.05, 3.63) is 0 Å². The van der Waals surface area contributed by atoms with Gasteiger partial charge in [0.05, 0.1) is 0 Å². The van der Waals surface area contributed by atoms with Crippen molar-refractivity contribution in [1.82, 2.24) is 15.7 Å². The second kappa shape index (κ2) is 7.19. The van der Waals surface area contributed by atoms with Gasteiger partial charge in [-0.1, -0.05) is 18.9 Å². The van der Waals surface area contributed by atoms with Gasteiger partial charge in [0.25, 0.3) is 5.91 Å². The largest absolute Gasteiger partial charge is 0.432 e. The van der Waals surface area contributed by atoms with E-state index in [1.165, 1.54) is 0 Å². The lowest BCUT2D eigenvalue weighted by atomic mass is 9.96. The Kier molecular flexibility index (Phi) is 6.02. The molecule has 1 fully saturated rings. The van der Waals surface area contributed by atoms with Crippen LogP contribution in [-0.4, -0.2) is 34.2 Å². The van der Waals surface area contributed by atoms with Crippen molar-refractivity contribution in [2.75, 3.05) is 0 Å². The van der Waals surface area contributed by atoms with Gasteiger partial charge >= 0.3 is 12.1 Å². The zero-order chi connectivity index (χ0) is 17.8. The molecule has 0 aromatic carbocycles. The lowest BCUT2D eigenvalue weighted by molar-refractivity contribution is -0.155. The SMILES string of the molecule is CCC(C)(CC)NC(=O)N(OC(=O)NC(C)(C)C)C(=O)C1CC1. The van der Waals surface area contributed by atoms with Crippen LogP contribution in [0.3, 0.4) is 0 Å². The number of nitrogens with one attached hydrogen (secondary N) is 2. The minimum absolute atomic E-state index is 0.238. The maximum Gasteiger partial charge on any atom is 0.432 e. The molecule has 0 radical (unpaired) electrons. The average molecular weight is 327 g/mol. The standard InChI is InChI=1S/C16H29N3O4/c1-7-16(6,8-2)17-13(21)19(12(20)11-9-10-11)23-14(22)18-15(3,4)5/h11H,7-10H2,1-6H3,(H,17,21)(H,18,22). The van der Waals surface area contributed by atoms with Gasteiger partial charge in [-0.3, -0.25) is 4.79 Å². The first-order valence-electron chi connectivity index (χ1n) is 8.17. The van der Waals surface area contributed by atoms with E-state index in [4.69, 9.17) is 4.84 Å². The highest BCUT2D eigenvalue weighted by Crippen LogP contribution is 2.31. The molecule has 4 amide bonds. The van der Waals surface area contributed by atoms with Crippen molar-refractivity contribution in [3.63, 3.8) is 0 Å². The summed E-state index contributed by atoms with van der Waals surface area (Å²) in [5, 5.41) is 5.93. The summed E-state index contributed by atoms with van der Waals surface area (Å²) in [7, 11) is 0. The molecule has 1 aliphatic carbocycles. The lowest BCUT2D eigenvalue weighted by Gasteiger charge is -2.31. The van der Waals surface area contributed by atoms with Gasteiger partial charge in [-0.25, -0.2) is 9.59 Å². The molecule has 0 spiro atoms. The first-order valence-corrected chi connectivity index (χ1v) is 8.17. The highest BCUT2D eigenvalue weighted by molar-refractivity contribution is 5.96. The molecule has 0 atom stereocenters. The van der Waals surface area contributed by atoms with Crippen LogP contribution in [0.2, 0.25) is 0 Å². The van der Waals surface area contributed by atoms with Gasteiger partial charge in [0.2, 0.25) is 0 Å². The summed E-state index contributed by atoms with van der Waals surface area (Å²) in [5.74, 6) is -0.709. The Bertz CT molecular complexity index is 462. The minimum Gasteiger partial charge on any atom is -0.330 e. The van der Waals surface area contributed by atoms with E-state index in [1.807, 2.05) is 20.8 Å². The van der Waals surface area contributed by atoms with E-state index in [2.05, 4.69) is 10.6 Å². The molecule has 0 unspecified atom stereocenters. The van der Waals surface area contributed by atoms with Crippen molar-refractivity contribution in [1.29, 1.82) is 0 Å². The maximum absolute atomic E-state index is 12.4. The van der Waals surface area contributed by atoms with E-state index in [0.717, 1.165) is 0 Å². The molecule has 0 aromatic rings. The van der Waals surface area contributed by atoms with Crippen LogP contribution in [0.1, 0.15) is 67.2 Å². The molecule has 23 heavy (non-hydrogen) atoms. The van der Waals surface area contributed by atoms with Crippen molar-refractivity contribution in [2.24, 2.45) is 5.92 Å². The highest BCUT2D eigenvalue weighted by Gasteiger charge is 2.40. The summed E-state index contributed by atoms with van der Waals surface area (Å²) >= 11 is 0. The minimum atomic E-state index is -0.823. The van der Waals surface area contributed by atoms with Crippen molar-refractivity contribution < 1.29 is 19.2 Å². The summed E-state index contributed by atoms with van der Waals surface area (Å²) in [6.07, 6.45) is 2.01. The molecule has 1 rings (SSSR count). The first kappa shape index (κ1) is 19.3. The van der Waals surface area contributed by atoms with E-state index in [9.17, 15) is 14.4 Å². The predicted octanol–water partition coefficient (Wildman–Crippen LogP) is 2.95. The van der Waals surface area contributed by atoms with Crippen LogP contribution in [0.4, 0.5) is 9.59 Å². The summed E-state index contributed by atoms with van der Waals surface area (Å²) in [6, 6.07) is -0.697. The maximum atomic E-state index is 12.4. The van der Waals surface area contributed by atoms with Crippen molar-refractivity contribution in [2.45, 2.75) is 78.3 Å². The van der Waals surface area contributed by atoms with Gasteiger partial charge in [0, 0.05) is 17.0 Å². The molecule has 2 N–H and O–H groups in total. The third-order valence-corrected chi connectivity index (χ3v) is 3.93. The zero-order valence-electron chi connectivity index (χ0n) is 15.0. The average Bonchev–Trinajstić information content (AvgIpc) is 3.26. The molecule has 0 bridgehead atoms.